The Labute approximate surface area is 119 Å². The Morgan fingerprint density at radius 1 is 1.30 bits per heavy atom. The minimum absolute atomic E-state index is 0.727. The molecular formula is C15H21N5. The Morgan fingerprint density at radius 3 is 2.90 bits per heavy atom. The van der Waals surface area contributed by atoms with Crippen LogP contribution in [0.5, 0.6) is 0 Å². The second kappa shape index (κ2) is 5.63. The average molecular weight is 271 g/mol. The predicted octanol–water partition coefficient (Wildman–Crippen LogP) is 1.97. The highest BCUT2D eigenvalue weighted by Gasteiger charge is 2.16. The van der Waals surface area contributed by atoms with Gasteiger partial charge in [0.15, 0.2) is 0 Å². The van der Waals surface area contributed by atoms with E-state index >= 15 is 0 Å². The van der Waals surface area contributed by atoms with Crippen molar-refractivity contribution in [2.45, 2.75) is 12.8 Å². The Balaban J connectivity index is 1.71. The molecule has 1 aliphatic heterocycles. The second-order valence-electron chi connectivity index (χ2n) is 5.63. The molecule has 2 heterocycles. The molecule has 0 radical (unpaired) electrons. The fourth-order valence-electron chi connectivity index (χ4n) is 2.72. The van der Waals surface area contributed by atoms with Crippen LogP contribution in [0.2, 0.25) is 0 Å². The average Bonchev–Trinajstić information content (AvgIpc) is 2.46. The highest BCUT2D eigenvalue weighted by Crippen LogP contribution is 2.22. The molecule has 106 valence electrons. The molecular weight excluding hydrogens is 250 g/mol. The fraction of sp³-hybridized carbons (Fsp3) is 0.467. The summed E-state index contributed by atoms with van der Waals surface area (Å²) in [6, 6.07) is 5.77. The minimum Gasteiger partial charge on any atom is -0.399 e. The number of benzene rings is 1. The Morgan fingerprint density at radius 2 is 2.10 bits per heavy atom. The lowest BCUT2D eigenvalue weighted by atomic mass is 9.97. The van der Waals surface area contributed by atoms with Crippen LogP contribution in [0.15, 0.2) is 24.5 Å². The Kier molecular flexibility index (Phi) is 3.69. The lowest BCUT2D eigenvalue weighted by Crippen LogP contribution is -2.33. The zero-order chi connectivity index (χ0) is 13.9. The first kappa shape index (κ1) is 13.1. The summed E-state index contributed by atoms with van der Waals surface area (Å²) < 4.78 is 0. The third-order valence-electron chi connectivity index (χ3n) is 4.06. The van der Waals surface area contributed by atoms with Crippen LogP contribution >= 0.6 is 0 Å². The molecule has 0 unspecified atom stereocenters. The molecule has 20 heavy (non-hydrogen) atoms. The van der Waals surface area contributed by atoms with E-state index < -0.39 is 0 Å². The van der Waals surface area contributed by atoms with Crippen molar-refractivity contribution in [1.82, 2.24) is 14.9 Å². The molecule has 5 heteroatoms. The van der Waals surface area contributed by atoms with Crippen LogP contribution in [-0.4, -0.2) is 41.5 Å². The highest BCUT2D eigenvalue weighted by atomic mass is 15.1. The molecule has 0 bridgehead atoms. The van der Waals surface area contributed by atoms with Gasteiger partial charge in [-0.15, -0.1) is 0 Å². The number of nitrogens with zero attached hydrogens (tertiary/aromatic N) is 3. The normalized spacial score (nSPS) is 17.4. The van der Waals surface area contributed by atoms with Crippen LogP contribution in [0.4, 0.5) is 11.5 Å². The van der Waals surface area contributed by atoms with E-state index in [2.05, 4.69) is 27.2 Å². The summed E-state index contributed by atoms with van der Waals surface area (Å²) in [5, 5.41) is 4.52. The van der Waals surface area contributed by atoms with Crippen molar-refractivity contribution in [2.24, 2.45) is 5.92 Å². The van der Waals surface area contributed by atoms with Crippen LogP contribution in [-0.2, 0) is 0 Å². The minimum atomic E-state index is 0.727. The van der Waals surface area contributed by atoms with Crippen LogP contribution < -0.4 is 11.1 Å². The highest BCUT2D eigenvalue weighted by molar-refractivity contribution is 5.90. The molecule has 3 N–H and O–H groups in total. The number of likely N-dealkylation sites (tertiary alicyclic amines) is 1. The lowest BCUT2D eigenvalue weighted by molar-refractivity contribution is 0.226. The predicted molar refractivity (Wildman–Crippen MR) is 82.7 cm³/mol. The first-order chi connectivity index (χ1) is 9.72. The number of hydrogen-bond donors (Lipinski definition) is 2. The van der Waals surface area contributed by atoms with Crippen LogP contribution in [0.25, 0.3) is 10.9 Å². The van der Waals surface area contributed by atoms with E-state index in [0.29, 0.717) is 0 Å². The van der Waals surface area contributed by atoms with Crippen molar-refractivity contribution in [3.05, 3.63) is 24.5 Å². The van der Waals surface area contributed by atoms with E-state index in [-0.39, 0.29) is 0 Å². The molecule has 0 amide bonds. The SMILES string of the molecule is CN1CCC(CNc2ncnc3cc(N)ccc23)CC1. The summed E-state index contributed by atoms with van der Waals surface area (Å²) in [5.41, 5.74) is 7.42. The maximum atomic E-state index is 5.79. The number of nitrogens with one attached hydrogen (secondary N) is 1. The monoisotopic (exact) mass is 271 g/mol. The van der Waals surface area contributed by atoms with Gasteiger partial charge in [-0.05, 0) is 57.1 Å². The molecule has 1 saturated heterocycles. The number of hydrogen-bond acceptors (Lipinski definition) is 5. The zero-order valence-corrected chi connectivity index (χ0v) is 11.8. The van der Waals surface area contributed by atoms with Crippen LogP contribution in [0, 0.1) is 5.92 Å². The Hall–Kier alpha value is -1.88. The third kappa shape index (κ3) is 2.82. The summed E-state index contributed by atoms with van der Waals surface area (Å²) in [6.45, 7) is 3.35. The molecule has 1 aromatic heterocycles. The Bertz CT molecular complexity index is 590. The molecule has 0 saturated carbocycles. The van der Waals surface area contributed by atoms with Gasteiger partial charge < -0.3 is 16.0 Å². The van der Waals surface area contributed by atoms with E-state index in [9.17, 15) is 0 Å². The number of anilines is 2. The van der Waals surface area contributed by atoms with Gasteiger partial charge in [0.05, 0.1) is 5.52 Å². The quantitative estimate of drug-likeness (QED) is 0.835. The molecule has 3 rings (SSSR count). The third-order valence-corrected chi connectivity index (χ3v) is 4.06. The van der Waals surface area contributed by atoms with E-state index in [1.165, 1.54) is 25.9 Å². The summed E-state index contributed by atoms with van der Waals surface area (Å²) in [4.78, 5) is 11.0. The van der Waals surface area contributed by atoms with Gasteiger partial charge in [-0.2, -0.15) is 0 Å². The van der Waals surface area contributed by atoms with Crippen LogP contribution in [0.3, 0.4) is 0 Å². The van der Waals surface area contributed by atoms with Gasteiger partial charge in [-0.3, -0.25) is 0 Å². The van der Waals surface area contributed by atoms with Crippen molar-refractivity contribution >= 4 is 22.4 Å². The molecule has 1 aromatic carbocycles. The van der Waals surface area contributed by atoms with Crippen molar-refractivity contribution in [3.63, 3.8) is 0 Å². The number of rotatable bonds is 3. The summed E-state index contributed by atoms with van der Waals surface area (Å²) in [5.74, 6) is 1.64. The first-order valence-corrected chi connectivity index (χ1v) is 7.15. The lowest BCUT2D eigenvalue weighted by Gasteiger charge is -2.29. The van der Waals surface area contributed by atoms with Gasteiger partial charge in [0.1, 0.15) is 12.1 Å². The summed E-state index contributed by atoms with van der Waals surface area (Å²) >= 11 is 0. The maximum absolute atomic E-state index is 5.79. The molecule has 1 aliphatic rings. The first-order valence-electron chi connectivity index (χ1n) is 7.15. The van der Waals surface area contributed by atoms with Gasteiger partial charge in [0.2, 0.25) is 0 Å². The van der Waals surface area contributed by atoms with Gasteiger partial charge in [-0.1, -0.05) is 0 Å². The van der Waals surface area contributed by atoms with Crippen molar-refractivity contribution in [1.29, 1.82) is 0 Å². The van der Waals surface area contributed by atoms with E-state index in [0.717, 1.165) is 34.9 Å². The van der Waals surface area contributed by atoms with E-state index in [1.807, 2.05) is 18.2 Å². The molecule has 0 spiro atoms. The van der Waals surface area contributed by atoms with Crippen molar-refractivity contribution < 1.29 is 0 Å². The molecule has 0 aliphatic carbocycles. The summed E-state index contributed by atoms with van der Waals surface area (Å²) in [6.07, 6.45) is 4.09. The number of aromatic nitrogens is 2. The molecule has 0 atom stereocenters. The molecule has 5 nitrogen and oxygen atoms in total. The zero-order valence-electron chi connectivity index (χ0n) is 11.8. The number of nitrogens with two attached hydrogens (primary N) is 1. The van der Waals surface area contributed by atoms with Gasteiger partial charge in [-0.25, -0.2) is 9.97 Å². The van der Waals surface area contributed by atoms with Crippen molar-refractivity contribution in [2.75, 3.05) is 37.7 Å². The number of nitrogen functional groups attached to an aromatic ring is 1. The van der Waals surface area contributed by atoms with Gasteiger partial charge >= 0.3 is 0 Å². The standard InChI is InChI=1S/C15H21N5/c1-20-6-4-11(5-7-20)9-17-15-13-3-2-12(16)8-14(13)18-10-19-15/h2-3,8,10-11H,4-7,9,16H2,1H3,(H,17,18,19). The molecule has 2 aromatic rings. The van der Waals surface area contributed by atoms with Gasteiger partial charge in [0.25, 0.3) is 0 Å². The van der Waals surface area contributed by atoms with Crippen LogP contribution in [0.1, 0.15) is 12.8 Å². The number of fused-ring (bicyclic) bond motifs is 1. The molecule has 1 fully saturated rings. The summed E-state index contributed by atoms with van der Waals surface area (Å²) in [7, 11) is 2.19. The van der Waals surface area contributed by atoms with Gasteiger partial charge in [0, 0.05) is 17.6 Å². The van der Waals surface area contributed by atoms with E-state index in [4.69, 9.17) is 5.73 Å². The fourth-order valence-corrected chi connectivity index (χ4v) is 2.72. The largest absolute Gasteiger partial charge is 0.399 e. The number of piperidine rings is 1. The second-order valence-corrected chi connectivity index (χ2v) is 5.63. The van der Waals surface area contributed by atoms with Crippen molar-refractivity contribution in [3.8, 4) is 0 Å². The topological polar surface area (TPSA) is 67.1 Å². The van der Waals surface area contributed by atoms with E-state index in [1.54, 1.807) is 6.33 Å². The maximum Gasteiger partial charge on any atom is 0.137 e. The smallest absolute Gasteiger partial charge is 0.137 e.